The first kappa shape index (κ1) is 16.6. The van der Waals surface area contributed by atoms with E-state index in [2.05, 4.69) is 4.98 Å². The fourth-order valence-corrected chi connectivity index (χ4v) is 2.86. The second-order valence-corrected chi connectivity index (χ2v) is 5.95. The summed E-state index contributed by atoms with van der Waals surface area (Å²) >= 11 is 0. The topological polar surface area (TPSA) is 55.6 Å². The molecule has 0 aliphatic carbocycles. The largest absolute Gasteiger partial charge is 0.435 e. The van der Waals surface area contributed by atoms with Crippen molar-refractivity contribution >= 4 is 5.91 Å². The number of oxazole rings is 1. The smallest absolute Gasteiger partial charge is 0.291 e. The number of morpholine rings is 1. The summed E-state index contributed by atoms with van der Waals surface area (Å²) in [6.07, 6.45) is 1.19. The monoisotopic (exact) mass is 332 g/mol. The highest BCUT2D eigenvalue weighted by atomic mass is 19.1. The molecule has 1 unspecified atom stereocenters. The molecule has 1 saturated heterocycles. The van der Waals surface area contributed by atoms with Crippen molar-refractivity contribution < 1.29 is 18.3 Å². The molecule has 1 aromatic heterocycles. The zero-order valence-corrected chi connectivity index (χ0v) is 13.9. The van der Waals surface area contributed by atoms with Crippen molar-refractivity contribution in [2.24, 2.45) is 0 Å². The Morgan fingerprint density at radius 2 is 2.12 bits per heavy atom. The molecule has 0 N–H and O–H groups in total. The lowest BCUT2D eigenvalue weighted by molar-refractivity contribution is -0.0218. The molecule has 3 rings (SSSR count). The van der Waals surface area contributed by atoms with Gasteiger partial charge in [0.05, 0.1) is 18.4 Å². The maximum absolute atomic E-state index is 13.0. The van der Waals surface area contributed by atoms with Crippen LogP contribution in [0.1, 0.15) is 34.6 Å². The minimum absolute atomic E-state index is 0.109. The summed E-state index contributed by atoms with van der Waals surface area (Å²) in [5.74, 6) is 0.487. The molecule has 128 valence electrons. The third kappa shape index (κ3) is 3.64. The summed E-state index contributed by atoms with van der Waals surface area (Å²) in [5, 5.41) is 0. The summed E-state index contributed by atoms with van der Waals surface area (Å²) in [6.45, 7) is 5.21. The van der Waals surface area contributed by atoms with Crippen LogP contribution in [0.15, 0.2) is 28.7 Å². The maximum Gasteiger partial charge on any atom is 0.291 e. The predicted molar refractivity (Wildman–Crippen MR) is 86.4 cm³/mol. The van der Waals surface area contributed by atoms with Crippen LogP contribution < -0.4 is 0 Å². The van der Waals surface area contributed by atoms with Gasteiger partial charge in [0.25, 0.3) is 5.91 Å². The molecule has 0 bridgehead atoms. The summed E-state index contributed by atoms with van der Waals surface area (Å²) in [7, 11) is 0. The normalized spacial score (nSPS) is 18.0. The predicted octanol–water partition coefficient (Wildman–Crippen LogP) is 2.77. The molecular weight excluding hydrogens is 311 g/mol. The van der Waals surface area contributed by atoms with E-state index < -0.39 is 0 Å². The van der Waals surface area contributed by atoms with Gasteiger partial charge in [-0.3, -0.25) is 4.79 Å². The van der Waals surface area contributed by atoms with E-state index in [1.165, 1.54) is 12.1 Å². The van der Waals surface area contributed by atoms with Crippen LogP contribution in [0, 0.1) is 12.7 Å². The van der Waals surface area contributed by atoms with E-state index in [0.29, 0.717) is 49.9 Å². The Bertz CT molecular complexity index is 712. The molecule has 1 fully saturated rings. The van der Waals surface area contributed by atoms with Gasteiger partial charge in [-0.15, -0.1) is 0 Å². The molecule has 1 amide bonds. The van der Waals surface area contributed by atoms with Gasteiger partial charge in [0, 0.05) is 25.9 Å². The number of carbonyl (C=O) groups excluding carboxylic acids is 1. The number of nitrogens with zero attached hydrogens (tertiary/aromatic N) is 2. The highest BCUT2D eigenvalue weighted by Crippen LogP contribution is 2.18. The lowest BCUT2D eigenvalue weighted by Crippen LogP contribution is -2.46. The Balaban J connectivity index is 1.67. The molecular formula is C18H21FN2O3. The first-order chi connectivity index (χ1) is 11.6. The Morgan fingerprint density at radius 3 is 2.79 bits per heavy atom. The van der Waals surface area contributed by atoms with Gasteiger partial charge >= 0.3 is 0 Å². The molecule has 5 nitrogen and oxygen atoms in total. The molecule has 1 aliphatic rings. The van der Waals surface area contributed by atoms with E-state index >= 15 is 0 Å². The minimum Gasteiger partial charge on any atom is -0.435 e. The molecule has 1 atom stereocenters. The van der Waals surface area contributed by atoms with E-state index in [4.69, 9.17) is 9.15 Å². The van der Waals surface area contributed by atoms with Gasteiger partial charge in [0.2, 0.25) is 5.76 Å². The van der Waals surface area contributed by atoms with E-state index in [1.54, 1.807) is 24.0 Å². The third-order valence-corrected chi connectivity index (χ3v) is 4.14. The summed E-state index contributed by atoms with van der Waals surface area (Å²) in [6, 6.07) is 6.36. The number of hydrogen-bond donors (Lipinski definition) is 0. The number of hydrogen-bond acceptors (Lipinski definition) is 4. The number of aromatic nitrogens is 1. The van der Waals surface area contributed by atoms with Gasteiger partial charge < -0.3 is 14.1 Å². The first-order valence-electron chi connectivity index (χ1n) is 8.18. The van der Waals surface area contributed by atoms with Crippen molar-refractivity contribution in [1.29, 1.82) is 0 Å². The molecule has 1 aromatic carbocycles. The van der Waals surface area contributed by atoms with Crippen molar-refractivity contribution in [3.63, 3.8) is 0 Å². The van der Waals surface area contributed by atoms with Crippen LogP contribution >= 0.6 is 0 Å². The van der Waals surface area contributed by atoms with Crippen molar-refractivity contribution in [2.75, 3.05) is 19.7 Å². The number of ether oxygens (including phenoxy) is 1. The van der Waals surface area contributed by atoms with Crippen LogP contribution in [0.3, 0.4) is 0 Å². The van der Waals surface area contributed by atoms with Crippen LogP contribution in [0.5, 0.6) is 0 Å². The molecule has 1 aliphatic heterocycles. The van der Waals surface area contributed by atoms with E-state index in [9.17, 15) is 9.18 Å². The average molecular weight is 332 g/mol. The number of carbonyl (C=O) groups is 1. The van der Waals surface area contributed by atoms with Crippen LogP contribution in [0.25, 0.3) is 0 Å². The average Bonchev–Trinajstić information content (AvgIpc) is 2.97. The lowest BCUT2D eigenvalue weighted by Gasteiger charge is -2.32. The zero-order chi connectivity index (χ0) is 17.1. The van der Waals surface area contributed by atoms with Crippen molar-refractivity contribution in [1.82, 2.24) is 9.88 Å². The number of aryl methyl sites for hydroxylation is 2. The van der Waals surface area contributed by atoms with Gasteiger partial charge in [-0.25, -0.2) is 9.37 Å². The molecule has 2 heterocycles. The second kappa shape index (κ2) is 7.13. The number of halogens is 1. The Morgan fingerprint density at radius 1 is 1.38 bits per heavy atom. The van der Waals surface area contributed by atoms with E-state index in [1.807, 2.05) is 6.92 Å². The summed E-state index contributed by atoms with van der Waals surface area (Å²) in [5.41, 5.74) is 1.61. The van der Waals surface area contributed by atoms with Crippen molar-refractivity contribution in [3.05, 3.63) is 53.0 Å². The van der Waals surface area contributed by atoms with Crippen LogP contribution in [0.4, 0.5) is 4.39 Å². The van der Waals surface area contributed by atoms with Gasteiger partial charge in [0.1, 0.15) is 5.82 Å². The Hall–Kier alpha value is -2.21. The molecule has 2 aromatic rings. The maximum atomic E-state index is 13.0. The second-order valence-electron chi connectivity index (χ2n) is 5.95. The molecule has 0 saturated carbocycles. The highest BCUT2D eigenvalue weighted by molar-refractivity contribution is 5.92. The van der Waals surface area contributed by atoms with Gasteiger partial charge in [0.15, 0.2) is 5.89 Å². The number of amides is 1. The third-order valence-electron chi connectivity index (χ3n) is 4.14. The van der Waals surface area contributed by atoms with Crippen LogP contribution in [-0.4, -0.2) is 41.6 Å². The van der Waals surface area contributed by atoms with E-state index in [-0.39, 0.29) is 17.8 Å². The standard InChI is InChI=1S/C18H21FN2O3/c1-3-16-20-12(2)17(24-16)18(22)21-8-9-23-15(11-21)10-13-4-6-14(19)7-5-13/h4-7,15H,3,8-11H2,1-2H3. The van der Waals surface area contributed by atoms with E-state index in [0.717, 1.165) is 5.56 Å². The van der Waals surface area contributed by atoms with Gasteiger partial charge in [-0.2, -0.15) is 0 Å². The molecule has 0 spiro atoms. The van der Waals surface area contributed by atoms with Crippen LogP contribution in [-0.2, 0) is 17.6 Å². The van der Waals surface area contributed by atoms with Gasteiger partial charge in [-0.05, 0) is 24.6 Å². The van der Waals surface area contributed by atoms with Crippen molar-refractivity contribution in [3.8, 4) is 0 Å². The lowest BCUT2D eigenvalue weighted by atomic mass is 10.1. The molecule has 6 heteroatoms. The molecule has 0 radical (unpaired) electrons. The van der Waals surface area contributed by atoms with Crippen LogP contribution in [0.2, 0.25) is 0 Å². The Kier molecular flexibility index (Phi) is 4.94. The summed E-state index contributed by atoms with van der Waals surface area (Å²) in [4.78, 5) is 18.7. The quantitative estimate of drug-likeness (QED) is 0.864. The minimum atomic E-state index is -0.257. The van der Waals surface area contributed by atoms with Gasteiger partial charge in [-0.1, -0.05) is 19.1 Å². The fourth-order valence-electron chi connectivity index (χ4n) is 2.86. The number of rotatable bonds is 4. The zero-order valence-electron chi connectivity index (χ0n) is 13.9. The highest BCUT2D eigenvalue weighted by Gasteiger charge is 2.28. The fraction of sp³-hybridized carbons (Fsp3) is 0.444. The number of benzene rings is 1. The SMILES string of the molecule is CCc1nc(C)c(C(=O)N2CCOC(Cc3ccc(F)cc3)C2)o1. The Labute approximate surface area is 140 Å². The molecule has 24 heavy (non-hydrogen) atoms. The summed E-state index contributed by atoms with van der Waals surface area (Å²) < 4.78 is 24.3. The first-order valence-corrected chi connectivity index (χ1v) is 8.18. The van der Waals surface area contributed by atoms with Crippen molar-refractivity contribution in [2.45, 2.75) is 32.8 Å².